The Morgan fingerprint density at radius 3 is 2.60 bits per heavy atom. The number of aryl methyl sites for hydroxylation is 2. The summed E-state index contributed by atoms with van der Waals surface area (Å²) >= 11 is 0. The molecular formula is C16H15N3O. The molecule has 0 spiro atoms. The number of aromatic nitrogens is 1. The van der Waals surface area contributed by atoms with Gasteiger partial charge in [0.25, 0.3) is 5.91 Å². The van der Waals surface area contributed by atoms with Crippen LogP contribution in [0.3, 0.4) is 0 Å². The van der Waals surface area contributed by atoms with Crippen molar-refractivity contribution >= 4 is 5.91 Å². The van der Waals surface area contributed by atoms with Crippen molar-refractivity contribution in [3.63, 3.8) is 0 Å². The lowest BCUT2D eigenvalue weighted by molar-refractivity contribution is 0.0940. The van der Waals surface area contributed by atoms with Crippen LogP contribution >= 0.6 is 0 Å². The molecule has 1 aromatic heterocycles. The van der Waals surface area contributed by atoms with Crippen LogP contribution < -0.4 is 5.32 Å². The second-order valence-electron chi connectivity index (χ2n) is 4.56. The number of nitrogens with zero attached hydrogens (tertiary/aromatic N) is 2. The number of carbonyl (C=O) groups excluding carboxylic acids is 1. The van der Waals surface area contributed by atoms with Crippen LogP contribution in [0.1, 0.15) is 33.4 Å². The minimum absolute atomic E-state index is 0.318. The minimum atomic E-state index is -0.675. The molecule has 0 unspecified atom stereocenters. The van der Waals surface area contributed by atoms with E-state index in [4.69, 9.17) is 0 Å². The number of amides is 1. The number of pyridine rings is 1. The van der Waals surface area contributed by atoms with Crippen LogP contribution in [0.5, 0.6) is 0 Å². The molecule has 0 saturated carbocycles. The highest BCUT2D eigenvalue weighted by atomic mass is 16.1. The molecule has 1 atom stereocenters. The predicted molar refractivity (Wildman–Crippen MR) is 76.0 cm³/mol. The smallest absolute Gasteiger partial charge is 0.271 e. The molecule has 0 fully saturated rings. The molecule has 0 aliphatic carbocycles. The van der Waals surface area contributed by atoms with E-state index < -0.39 is 6.04 Å². The number of hydrogen-bond donors (Lipinski definition) is 1. The van der Waals surface area contributed by atoms with Gasteiger partial charge < -0.3 is 5.32 Å². The molecule has 1 aromatic carbocycles. The second-order valence-corrected chi connectivity index (χ2v) is 4.56. The van der Waals surface area contributed by atoms with Gasteiger partial charge in [-0.15, -0.1) is 0 Å². The first-order valence-corrected chi connectivity index (χ1v) is 6.31. The van der Waals surface area contributed by atoms with E-state index in [2.05, 4.69) is 16.4 Å². The molecule has 0 aliphatic heterocycles. The average molecular weight is 265 g/mol. The summed E-state index contributed by atoms with van der Waals surface area (Å²) in [6.07, 6.45) is 0. The van der Waals surface area contributed by atoms with Crippen molar-refractivity contribution in [1.29, 1.82) is 5.26 Å². The Morgan fingerprint density at radius 2 is 1.95 bits per heavy atom. The monoisotopic (exact) mass is 265 g/mol. The third kappa shape index (κ3) is 3.01. The Morgan fingerprint density at radius 1 is 1.20 bits per heavy atom. The fourth-order valence-electron chi connectivity index (χ4n) is 1.96. The van der Waals surface area contributed by atoms with E-state index in [9.17, 15) is 10.1 Å². The molecule has 1 N–H and O–H groups in total. The van der Waals surface area contributed by atoms with Gasteiger partial charge in [0.2, 0.25) is 0 Å². The van der Waals surface area contributed by atoms with Crippen LogP contribution in [0.25, 0.3) is 0 Å². The highest BCUT2D eigenvalue weighted by molar-refractivity contribution is 5.92. The molecule has 2 rings (SSSR count). The maximum atomic E-state index is 12.1. The molecule has 2 aromatic rings. The van der Waals surface area contributed by atoms with E-state index in [1.165, 1.54) is 0 Å². The van der Waals surface area contributed by atoms with Gasteiger partial charge in [-0.3, -0.25) is 4.79 Å². The predicted octanol–water partition coefficient (Wildman–Crippen LogP) is 2.69. The van der Waals surface area contributed by atoms with Gasteiger partial charge in [0, 0.05) is 5.69 Å². The van der Waals surface area contributed by atoms with E-state index in [0.717, 1.165) is 16.8 Å². The molecule has 1 heterocycles. The first kappa shape index (κ1) is 13.8. The van der Waals surface area contributed by atoms with Gasteiger partial charge in [0.15, 0.2) is 0 Å². The molecular weight excluding hydrogens is 250 g/mol. The summed E-state index contributed by atoms with van der Waals surface area (Å²) in [6.45, 7) is 3.73. The quantitative estimate of drug-likeness (QED) is 0.927. The van der Waals surface area contributed by atoms with Gasteiger partial charge in [0.1, 0.15) is 11.7 Å². The fourth-order valence-corrected chi connectivity index (χ4v) is 1.96. The van der Waals surface area contributed by atoms with Crippen LogP contribution in [0.2, 0.25) is 0 Å². The zero-order valence-electron chi connectivity index (χ0n) is 11.4. The van der Waals surface area contributed by atoms with Crippen LogP contribution in [-0.4, -0.2) is 10.9 Å². The third-order valence-corrected chi connectivity index (χ3v) is 3.02. The SMILES string of the molecule is Cc1cccc(C(=O)N[C@@H](C#N)c2ccccc2C)n1. The van der Waals surface area contributed by atoms with Crippen molar-refractivity contribution in [2.45, 2.75) is 19.9 Å². The zero-order valence-corrected chi connectivity index (χ0v) is 11.4. The van der Waals surface area contributed by atoms with E-state index in [0.29, 0.717) is 5.69 Å². The number of nitrogens with one attached hydrogen (secondary N) is 1. The maximum absolute atomic E-state index is 12.1. The molecule has 1 amide bonds. The molecule has 0 radical (unpaired) electrons. The number of hydrogen-bond acceptors (Lipinski definition) is 3. The normalized spacial score (nSPS) is 11.4. The summed E-state index contributed by atoms with van der Waals surface area (Å²) in [7, 11) is 0. The Hall–Kier alpha value is -2.67. The largest absolute Gasteiger partial charge is 0.331 e. The number of benzene rings is 1. The van der Waals surface area contributed by atoms with Crippen LogP contribution in [0.15, 0.2) is 42.5 Å². The summed E-state index contributed by atoms with van der Waals surface area (Å²) in [5, 5.41) is 12.0. The van der Waals surface area contributed by atoms with Gasteiger partial charge >= 0.3 is 0 Å². The zero-order chi connectivity index (χ0) is 14.5. The van der Waals surface area contributed by atoms with E-state index in [1.54, 1.807) is 12.1 Å². The van der Waals surface area contributed by atoms with Crippen LogP contribution in [-0.2, 0) is 0 Å². The van der Waals surface area contributed by atoms with Gasteiger partial charge in [0.05, 0.1) is 6.07 Å². The lowest BCUT2D eigenvalue weighted by atomic mass is 10.0. The lowest BCUT2D eigenvalue weighted by Gasteiger charge is -2.14. The molecule has 0 aliphatic rings. The molecule has 100 valence electrons. The standard InChI is InChI=1S/C16H15N3O/c1-11-6-3-4-8-13(11)15(10-17)19-16(20)14-9-5-7-12(2)18-14/h3-9,15H,1-2H3,(H,19,20)/t15-/m0/s1. The van der Waals surface area contributed by atoms with Crippen molar-refractivity contribution in [2.24, 2.45) is 0 Å². The van der Waals surface area contributed by atoms with Crippen molar-refractivity contribution in [3.8, 4) is 6.07 Å². The molecule has 4 nitrogen and oxygen atoms in total. The lowest BCUT2D eigenvalue weighted by Crippen LogP contribution is -2.28. The van der Waals surface area contributed by atoms with Crippen LogP contribution in [0.4, 0.5) is 0 Å². The van der Waals surface area contributed by atoms with E-state index in [-0.39, 0.29) is 5.91 Å². The van der Waals surface area contributed by atoms with Crippen molar-refractivity contribution in [3.05, 3.63) is 65.0 Å². The average Bonchev–Trinajstić information content (AvgIpc) is 2.45. The number of rotatable bonds is 3. The Bertz CT molecular complexity index is 673. The molecule has 4 heteroatoms. The molecule has 0 saturated heterocycles. The Balaban J connectivity index is 2.22. The van der Waals surface area contributed by atoms with E-state index >= 15 is 0 Å². The first-order chi connectivity index (χ1) is 9.61. The van der Waals surface area contributed by atoms with Gasteiger partial charge in [-0.05, 0) is 37.1 Å². The molecule has 0 bridgehead atoms. The summed E-state index contributed by atoms with van der Waals surface area (Å²) in [6, 6.07) is 14.2. The van der Waals surface area contributed by atoms with E-state index in [1.807, 2.05) is 44.2 Å². The topological polar surface area (TPSA) is 65.8 Å². The number of nitriles is 1. The minimum Gasteiger partial charge on any atom is -0.331 e. The first-order valence-electron chi connectivity index (χ1n) is 6.31. The van der Waals surface area contributed by atoms with Gasteiger partial charge in [-0.1, -0.05) is 30.3 Å². The number of carbonyl (C=O) groups is 1. The highest BCUT2D eigenvalue weighted by Gasteiger charge is 2.17. The highest BCUT2D eigenvalue weighted by Crippen LogP contribution is 2.17. The summed E-state index contributed by atoms with van der Waals surface area (Å²) < 4.78 is 0. The van der Waals surface area contributed by atoms with Gasteiger partial charge in [-0.2, -0.15) is 5.26 Å². The van der Waals surface area contributed by atoms with Crippen LogP contribution in [0, 0.1) is 25.2 Å². The summed E-state index contributed by atoms with van der Waals surface area (Å²) in [4.78, 5) is 16.3. The molecule has 20 heavy (non-hydrogen) atoms. The van der Waals surface area contributed by atoms with Crippen molar-refractivity contribution in [1.82, 2.24) is 10.3 Å². The summed E-state index contributed by atoms with van der Waals surface area (Å²) in [5.74, 6) is -0.344. The Kier molecular flexibility index (Phi) is 4.11. The van der Waals surface area contributed by atoms with Gasteiger partial charge in [-0.25, -0.2) is 4.98 Å². The Labute approximate surface area is 118 Å². The van der Waals surface area contributed by atoms with Crippen molar-refractivity contribution < 1.29 is 4.79 Å². The third-order valence-electron chi connectivity index (χ3n) is 3.02. The van der Waals surface area contributed by atoms with Crippen molar-refractivity contribution in [2.75, 3.05) is 0 Å². The fraction of sp³-hybridized carbons (Fsp3) is 0.188. The summed E-state index contributed by atoms with van der Waals surface area (Å²) in [5.41, 5.74) is 2.86. The second kappa shape index (κ2) is 5.98. The maximum Gasteiger partial charge on any atom is 0.271 e.